The molecule has 0 unspecified atom stereocenters. The van der Waals surface area contributed by atoms with Crippen LogP contribution in [0.15, 0.2) is 33.7 Å². The van der Waals surface area contributed by atoms with E-state index in [0.29, 0.717) is 12.5 Å². The largest absolute Gasteiger partial charge is 0.497 e. The van der Waals surface area contributed by atoms with Gasteiger partial charge in [0.2, 0.25) is 4.80 Å². The van der Waals surface area contributed by atoms with E-state index in [-0.39, 0.29) is 0 Å². The van der Waals surface area contributed by atoms with Gasteiger partial charge in [-0.1, -0.05) is 13.8 Å². The lowest BCUT2D eigenvalue weighted by atomic mass is 10.1. The summed E-state index contributed by atoms with van der Waals surface area (Å²) in [6.07, 6.45) is 0.948. The minimum atomic E-state index is 0.560. The fourth-order valence-corrected chi connectivity index (χ4v) is 3.53. The van der Waals surface area contributed by atoms with Gasteiger partial charge < -0.3 is 9.47 Å². The summed E-state index contributed by atoms with van der Waals surface area (Å²) < 4.78 is 12.9. The Bertz CT molecular complexity index is 803. The number of benzene rings is 1. The zero-order valence-corrected chi connectivity index (χ0v) is 16.7. The van der Waals surface area contributed by atoms with Crippen LogP contribution in [-0.2, 0) is 0 Å². The fourth-order valence-electron chi connectivity index (χ4n) is 2.64. The van der Waals surface area contributed by atoms with Gasteiger partial charge in [0.15, 0.2) is 0 Å². The van der Waals surface area contributed by atoms with Crippen molar-refractivity contribution in [2.75, 3.05) is 20.8 Å². The molecule has 0 N–H and O–H groups in total. The third-order valence-electron chi connectivity index (χ3n) is 3.64. The number of methoxy groups -OCH3 is 2. The number of hydrogen-bond acceptors (Lipinski definition) is 5. The quantitative estimate of drug-likeness (QED) is 0.685. The Kier molecular flexibility index (Phi) is 6.82. The minimum Gasteiger partial charge on any atom is -0.497 e. The molecule has 1 heterocycles. The van der Waals surface area contributed by atoms with Gasteiger partial charge in [0, 0.05) is 23.2 Å². The summed E-state index contributed by atoms with van der Waals surface area (Å²) in [5.74, 6) is 2.13. The highest BCUT2D eigenvalue weighted by molar-refractivity contribution is 7.07. The molecule has 0 radical (unpaired) electrons. The van der Waals surface area contributed by atoms with E-state index in [2.05, 4.69) is 31.1 Å². The maximum absolute atomic E-state index is 5.55. The van der Waals surface area contributed by atoms with Crippen molar-refractivity contribution in [1.29, 1.82) is 0 Å². The molecule has 5 nitrogen and oxygen atoms in total. The van der Waals surface area contributed by atoms with E-state index in [4.69, 9.17) is 14.6 Å². The van der Waals surface area contributed by atoms with Crippen molar-refractivity contribution >= 4 is 17.0 Å². The first-order chi connectivity index (χ1) is 12.0. The number of thiazole rings is 1. The topological polar surface area (TPSA) is 48.1 Å². The van der Waals surface area contributed by atoms with Crippen molar-refractivity contribution in [3.63, 3.8) is 0 Å². The van der Waals surface area contributed by atoms with Gasteiger partial charge in [0.1, 0.15) is 11.5 Å². The highest BCUT2D eigenvalue weighted by Crippen LogP contribution is 2.33. The van der Waals surface area contributed by atoms with Crippen LogP contribution in [0.5, 0.6) is 11.5 Å². The fraction of sp³-hybridized carbons (Fsp3) is 0.474. The summed E-state index contributed by atoms with van der Waals surface area (Å²) in [5.41, 5.74) is 2.97. The average molecular weight is 362 g/mol. The van der Waals surface area contributed by atoms with Crippen molar-refractivity contribution in [3.05, 3.63) is 28.4 Å². The summed E-state index contributed by atoms with van der Waals surface area (Å²) in [6, 6.07) is 5.78. The van der Waals surface area contributed by atoms with E-state index in [1.807, 2.05) is 29.8 Å². The van der Waals surface area contributed by atoms with Crippen LogP contribution >= 0.6 is 11.3 Å². The van der Waals surface area contributed by atoms with Crippen LogP contribution < -0.4 is 14.3 Å². The van der Waals surface area contributed by atoms with E-state index < -0.39 is 0 Å². The lowest BCUT2D eigenvalue weighted by Crippen LogP contribution is -2.15. The Labute approximate surface area is 153 Å². The Morgan fingerprint density at radius 2 is 2.00 bits per heavy atom. The summed E-state index contributed by atoms with van der Waals surface area (Å²) in [6.45, 7) is 9.20. The van der Waals surface area contributed by atoms with Gasteiger partial charge in [-0.25, -0.2) is 4.68 Å². The van der Waals surface area contributed by atoms with Gasteiger partial charge in [0.05, 0.1) is 19.9 Å². The molecule has 2 aromatic rings. The predicted molar refractivity (Wildman–Crippen MR) is 105 cm³/mol. The smallest absolute Gasteiger partial charge is 0.206 e. The van der Waals surface area contributed by atoms with Crippen LogP contribution in [0.3, 0.4) is 0 Å². The average Bonchev–Trinajstić information content (AvgIpc) is 2.96. The van der Waals surface area contributed by atoms with Gasteiger partial charge >= 0.3 is 0 Å². The molecule has 0 atom stereocenters. The van der Waals surface area contributed by atoms with E-state index in [0.717, 1.165) is 39.7 Å². The van der Waals surface area contributed by atoms with E-state index in [1.54, 1.807) is 25.6 Å². The maximum Gasteiger partial charge on any atom is 0.206 e. The molecule has 0 aliphatic rings. The molecule has 25 heavy (non-hydrogen) atoms. The van der Waals surface area contributed by atoms with Crippen LogP contribution in [0.2, 0.25) is 0 Å². The molecule has 0 fully saturated rings. The molecule has 136 valence electrons. The molecule has 0 amide bonds. The Balaban J connectivity index is 2.65. The summed E-state index contributed by atoms with van der Waals surface area (Å²) in [4.78, 5) is 5.47. The van der Waals surface area contributed by atoms with Crippen LogP contribution in [0.25, 0.3) is 11.3 Å². The van der Waals surface area contributed by atoms with Gasteiger partial charge in [-0.15, -0.1) is 11.3 Å². The van der Waals surface area contributed by atoms with Crippen LogP contribution in [0, 0.1) is 5.92 Å². The molecule has 0 aliphatic heterocycles. The van der Waals surface area contributed by atoms with Crippen molar-refractivity contribution in [3.8, 4) is 22.8 Å². The summed E-state index contributed by atoms with van der Waals surface area (Å²) >= 11 is 1.58. The highest BCUT2D eigenvalue weighted by atomic mass is 32.1. The first-order valence-electron chi connectivity index (χ1n) is 8.48. The number of rotatable bonds is 7. The molecule has 0 aliphatic carbocycles. The molecular formula is C19H27N3O2S. The minimum absolute atomic E-state index is 0.560. The van der Waals surface area contributed by atoms with Crippen molar-refractivity contribution in [2.45, 2.75) is 34.1 Å². The Morgan fingerprint density at radius 3 is 2.60 bits per heavy atom. The molecular weight excluding hydrogens is 334 g/mol. The summed E-state index contributed by atoms with van der Waals surface area (Å²) in [7, 11) is 3.34. The van der Waals surface area contributed by atoms with Crippen LogP contribution in [0.4, 0.5) is 0 Å². The normalized spacial score (nSPS) is 12.8. The lowest BCUT2D eigenvalue weighted by molar-refractivity contribution is 0.404. The van der Waals surface area contributed by atoms with E-state index in [9.17, 15) is 0 Å². The van der Waals surface area contributed by atoms with Crippen molar-refractivity contribution in [2.24, 2.45) is 16.0 Å². The molecule has 0 bridgehead atoms. The number of nitrogens with zero attached hydrogens (tertiary/aromatic N) is 3. The van der Waals surface area contributed by atoms with Gasteiger partial charge in [-0.05, 0) is 44.4 Å². The zero-order valence-electron chi connectivity index (χ0n) is 15.9. The first kappa shape index (κ1) is 19.2. The molecule has 1 aromatic carbocycles. The number of ether oxygens (including phenoxy) is 2. The van der Waals surface area contributed by atoms with Crippen molar-refractivity contribution < 1.29 is 9.47 Å². The molecule has 1 aromatic heterocycles. The van der Waals surface area contributed by atoms with Crippen LogP contribution in [0.1, 0.15) is 34.1 Å². The molecule has 0 spiro atoms. The van der Waals surface area contributed by atoms with Crippen molar-refractivity contribution in [1.82, 2.24) is 4.68 Å². The Morgan fingerprint density at radius 1 is 1.24 bits per heavy atom. The Hall–Kier alpha value is -2.08. The third kappa shape index (κ3) is 4.72. The predicted octanol–water partition coefficient (Wildman–Crippen LogP) is 4.42. The molecule has 2 rings (SSSR count). The van der Waals surface area contributed by atoms with Crippen LogP contribution in [-0.4, -0.2) is 31.2 Å². The second-order valence-corrected chi connectivity index (χ2v) is 7.03. The SMILES string of the molecule is CCN=c1scc(-c2cc(OC)ccc2OC)n1N=C(C)CC(C)C. The number of aromatic nitrogens is 1. The third-order valence-corrected chi connectivity index (χ3v) is 4.49. The lowest BCUT2D eigenvalue weighted by Gasteiger charge is -2.12. The van der Waals surface area contributed by atoms with Gasteiger partial charge in [-0.2, -0.15) is 5.10 Å². The van der Waals surface area contributed by atoms with E-state index >= 15 is 0 Å². The highest BCUT2D eigenvalue weighted by Gasteiger charge is 2.14. The molecule has 0 saturated carbocycles. The number of hydrogen-bond donors (Lipinski definition) is 0. The monoisotopic (exact) mass is 361 g/mol. The molecule has 6 heteroatoms. The van der Waals surface area contributed by atoms with E-state index in [1.165, 1.54) is 0 Å². The zero-order chi connectivity index (χ0) is 18.4. The first-order valence-corrected chi connectivity index (χ1v) is 9.36. The standard InChI is InChI=1S/C19H27N3O2S/c1-7-20-19-22(21-14(4)10-13(2)3)17(12-25-19)16-11-15(23-5)8-9-18(16)24-6/h8-9,11-13H,7,10H2,1-6H3. The van der Waals surface area contributed by atoms with Gasteiger partial charge in [0.25, 0.3) is 0 Å². The second-order valence-electron chi connectivity index (χ2n) is 6.19. The van der Waals surface area contributed by atoms with Gasteiger partial charge in [-0.3, -0.25) is 4.99 Å². The second kappa shape index (κ2) is 8.85. The summed E-state index contributed by atoms with van der Waals surface area (Å²) in [5, 5.41) is 6.91. The maximum atomic E-state index is 5.55. The molecule has 0 saturated heterocycles.